The summed E-state index contributed by atoms with van der Waals surface area (Å²) < 4.78 is 2.72. The maximum atomic E-state index is 2.89. The summed E-state index contributed by atoms with van der Waals surface area (Å²) in [6.07, 6.45) is 5.05. The van der Waals surface area contributed by atoms with Crippen molar-refractivity contribution in [3.05, 3.63) is 107 Å². The van der Waals surface area contributed by atoms with E-state index in [1.165, 1.54) is 119 Å². The highest BCUT2D eigenvalue weighted by Gasteiger charge is 2.61. The van der Waals surface area contributed by atoms with E-state index in [2.05, 4.69) is 157 Å². The molecule has 0 amide bonds. The van der Waals surface area contributed by atoms with Crippen LogP contribution in [0.25, 0.3) is 49.0 Å². The van der Waals surface area contributed by atoms with E-state index in [0.717, 1.165) is 0 Å². The van der Waals surface area contributed by atoms with Crippen LogP contribution in [0, 0.1) is 6.92 Å². The van der Waals surface area contributed by atoms with Crippen LogP contribution in [0.4, 0.5) is 11.4 Å². The van der Waals surface area contributed by atoms with Gasteiger partial charge in [0.1, 0.15) is 0 Å². The third-order valence-electron chi connectivity index (χ3n) is 14.4. The predicted octanol–water partition coefficient (Wildman–Crippen LogP) is 10.9. The summed E-state index contributed by atoms with van der Waals surface area (Å²) in [6, 6.07) is 33.8. The highest BCUT2D eigenvalue weighted by atomic mass is 15.3. The zero-order chi connectivity index (χ0) is 35.9. The summed E-state index contributed by atoms with van der Waals surface area (Å²) in [7, 11) is 0. The predicted molar refractivity (Wildman–Crippen MR) is 225 cm³/mol. The van der Waals surface area contributed by atoms with Crippen molar-refractivity contribution in [3.8, 4) is 5.69 Å². The number of rotatable bonds is 0. The summed E-state index contributed by atoms with van der Waals surface area (Å²) in [4.78, 5) is 2.89. The van der Waals surface area contributed by atoms with E-state index in [9.17, 15) is 0 Å². The van der Waals surface area contributed by atoms with Crippen LogP contribution in [0.3, 0.4) is 0 Å². The molecule has 0 spiro atoms. The Labute approximate surface area is 308 Å². The number of hydrogen-bond acceptors (Lipinski definition) is 1. The summed E-state index contributed by atoms with van der Waals surface area (Å²) in [5.74, 6) is 0. The molecule has 0 saturated heterocycles. The lowest BCUT2D eigenvalue weighted by molar-refractivity contribution is 0.195. The molecule has 4 aliphatic rings. The zero-order valence-corrected chi connectivity index (χ0v) is 32.4. The van der Waals surface area contributed by atoms with Crippen LogP contribution >= 0.6 is 0 Å². The van der Waals surface area contributed by atoms with E-state index >= 15 is 0 Å². The van der Waals surface area contributed by atoms with Gasteiger partial charge in [-0.05, 0) is 111 Å². The second-order valence-electron chi connectivity index (χ2n) is 19.4. The van der Waals surface area contributed by atoms with Crippen molar-refractivity contribution < 1.29 is 0 Å². The maximum Gasteiger partial charge on any atom is 0.252 e. The summed E-state index contributed by atoms with van der Waals surface area (Å²) in [5.41, 5.74) is 17.5. The molecule has 1 saturated carbocycles. The highest BCUT2D eigenvalue weighted by Crippen LogP contribution is 2.62. The quantitative estimate of drug-likeness (QED) is 0.115. The topological polar surface area (TPSA) is 8.17 Å². The Morgan fingerprint density at radius 2 is 1.21 bits per heavy atom. The normalized spacial score (nSPS) is 21.7. The minimum absolute atomic E-state index is 0.00600. The molecule has 2 nitrogen and oxygen atoms in total. The fourth-order valence-electron chi connectivity index (χ4n) is 11.5. The number of aromatic nitrogens is 1. The van der Waals surface area contributed by atoms with Gasteiger partial charge in [-0.1, -0.05) is 128 Å². The van der Waals surface area contributed by atoms with Gasteiger partial charge >= 0.3 is 0 Å². The first-order valence-corrected chi connectivity index (χ1v) is 19.8. The lowest BCUT2D eigenvalue weighted by atomic mass is 9.33. The molecular formula is C49H49BN2. The van der Waals surface area contributed by atoms with Crippen molar-refractivity contribution in [2.45, 2.75) is 110 Å². The molecule has 7 aromatic rings. The summed E-state index contributed by atoms with van der Waals surface area (Å²) in [5, 5.41) is 8.15. The summed E-state index contributed by atoms with van der Waals surface area (Å²) >= 11 is 0. The maximum absolute atomic E-state index is 2.89. The molecule has 1 fully saturated rings. The van der Waals surface area contributed by atoms with Crippen molar-refractivity contribution in [2.24, 2.45) is 0 Å². The molecule has 3 aliphatic heterocycles. The average molecular weight is 677 g/mol. The highest BCUT2D eigenvalue weighted by molar-refractivity contribution is 7.00. The van der Waals surface area contributed by atoms with Gasteiger partial charge in [0, 0.05) is 44.2 Å². The number of benzene rings is 6. The average Bonchev–Trinajstić information content (AvgIpc) is 3.56. The Bertz CT molecular complexity index is 2770. The molecule has 258 valence electrons. The molecule has 0 bridgehead atoms. The fraction of sp³-hybridized carbons (Fsp3) is 0.347. The van der Waals surface area contributed by atoms with E-state index < -0.39 is 0 Å². The van der Waals surface area contributed by atoms with Gasteiger partial charge in [-0.25, -0.2) is 0 Å². The number of nitrogens with zero attached hydrogens (tertiary/aromatic N) is 2. The van der Waals surface area contributed by atoms with Gasteiger partial charge in [-0.15, -0.1) is 0 Å². The first kappa shape index (κ1) is 31.1. The fourth-order valence-corrected chi connectivity index (χ4v) is 11.5. The van der Waals surface area contributed by atoms with E-state index in [1.54, 1.807) is 5.56 Å². The van der Waals surface area contributed by atoms with Gasteiger partial charge in [0.05, 0.1) is 11.1 Å². The van der Waals surface area contributed by atoms with E-state index in [4.69, 9.17) is 0 Å². The second kappa shape index (κ2) is 9.53. The largest absolute Gasteiger partial charge is 0.335 e. The molecule has 2 atom stereocenters. The van der Waals surface area contributed by atoms with Crippen LogP contribution in [-0.4, -0.2) is 16.8 Å². The molecule has 0 radical (unpaired) electrons. The Hall–Kier alpha value is -4.50. The van der Waals surface area contributed by atoms with Crippen molar-refractivity contribution in [3.63, 3.8) is 0 Å². The molecule has 11 rings (SSSR count). The lowest BCUT2D eigenvalue weighted by Gasteiger charge is -2.52. The van der Waals surface area contributed by atoms with Crippen LogP contribution in [0.5, 0.6) is 0 Å². The smallest absolute Gasteiger partial charge is 0.252 e. The van der Waals surface area contributed by atoms with Crippen LogP contribution in [0.2, 0.25) is 0 Å². The third kappa shape index (κ3) is 3.54. The molecule has 0 N–H and O–H groups in total. The van der Waals surface area contributed by atoms with Gasteiger partial charge in [0.25, 0.3) is 6.71 Å². The molecule has 2 unspecified atom stereocenters. The van der Waals surface area contributed by atoms with Crippen molar-refractivity contribution in [2.75, 3.05) is 4.90 Å². The van der Waals surface area contributed by atoms with Crippen LogP contribution in [0.1, 0.15) is 103 Å². The Balaban J connectivity index is 1.41. The molecule has 6 aromatic carbocycles. The van der Waals surface area contributed by atoms with Gasteiger partial charge in [0.2, 0.25) is 0 Å². The van der Waals surface area contributed by atoms with E-state index in [1.807, 2.05) is 0 Å². The second-order valence-corrected chi connectivity index (χ2v) is 19.4. The lowest BCUT2D eigenvalue weighted by Crippen LogP contribution is -2.64. The molecule has 4 heterocycles. The number of hydrogen-bond donors (Lipinski definition) is 0. The molecule has 52 heavy (non-hydrogen) atoms. The van der Waals surface area contributed by atoms with Gasteiger partial charge in [-0.3, -0.25) is 0 Å². The number of aryl methyl sites for hydroxylation is 1. The van der Waals surface area contributed by atoms with Crippen LogP contribution in [0.15, 0.2) is 84.9 Å². The van der Waals surface area contributed by atoms with Crippen molar-refractivity contribution in [1.82, 2.24) is 4.57 Å². The van der Waals surface area contributed by atoms with E-state index in [-0.39, 0.29) is 28.5 Å². The van der Waals surface area contributed by atoms with Gasteiger partial charge in [-0.2, -0.15) is 0 Å². The Morgan fingerprint density at radius 1 is 0.615 bits per heavy atom. The third-order valence-corrected chi connectivity index (χ3v) is 14.4. The standard InChI is InChI=1S/C49H49BN2/c1-28-22-39-42-40(23-28)52-45-36(48(8)20-14-15-21-49(48,52)9)25-30(47(5,6)7)27-38(45)50(42)37-26-29(46(2,3)4)24-35-41-33-18-12-10-16-31(33)32-17-11-13-19-34(32)44(41)51(39)43(35)37/h10-13,16-19,22-27H,14-15,20-21H2,1-9H3. The number of anilines is 2. The SMILES string of the molecule is Cc1cc2c3c(c1)-n1c4c(cc(C(C)(C)C)cc4c4c5ccccc5c5ccccc5c41)B3c1cc(C(C)(C)C)cc3c1N2C1(C)CCCCC31C. The zero-order valence-electron chi connectivity index (χ0n) is 32.4. The molecule has 3 heteroatoms. The van der Waals surface area contributed by atoms with Crippen molar-refractivity contribution >= 4 is 77.8 Å². The van der Waals surface area contributed by atoms with Crippen LogP contribution in [-0.2, 0) is 16.2 Å². The molecular weight excluding hydrogens is 627 g/mol. The van der Waals surface area contributed by atoms with Crippen molar-refractivity contribution in [1.29, 1.82) is 0 Å². The van der Waals surface area contributed by atoms with E-state index in [0.29, 0.717) is 0 Å². The Kier molecular flexibility index (Phi) is 5.70. The minimum atomic E-state index is -0.00600. The first-order chi connectivity index (χ1) is 24.7. The Morgan fingerprint density at radius 3 is 1.92 bits per heavy atom. The van der Waals surface area contributed by atoms with Gasteiger partial charge in [0.15, 0.2) is 0 Å². The summed E-state index contributed by atoms with van der Waals surface area (Å²) in [6.45, 7) is 22.1. The first-order valence-electron chi connectivity index (χ1n) is 19.8. The molecule has 1 aliphatic carbocycles. The monoisotopic (exact) mass is 676 g/mol. The van der Waals surface area contributed by atoms with Crippen LogP contribution < -0.4 is 21.3 Å². The number of fused-ring (bicyclic) bond motifs is 15. The minimum Gasteiger partial charge on any atom is -0.335 e. The van der Waals surface area contributed by atoms with Gasteiger partial charge < -0.3 is 9.47 Å². The molecule has 1 aromatic heterocycles.